The average Bonchev–Trinajstić information content (AvgIpc) is 0.722. The van der Waals surface area contributed by atoms with Gasteiger partial charge in [-0.25, -0.2) is 4.57 Å². The Bertz CT molecular complexity index is 67.9. The molecule has 0 aliphatic carbocycles. The van der Waals surface area contributed by atoms with Crippen molar-refractivity contribution in [3.63, 3.8) is 0 Å². The van der Waals surface area contributed by atoms with Crippen molar-refractivity contribution in [3.8, 4) is 0 Å². The van der Waals surface area contributed by atoms with Gasteiger partial charge in [0.05, 0.1) is 0 Å². The van der Waals surface area contributed by atoms with Crippen molar-refractivity contribution < 1.29 is 54.2 Å². The molecule has 0 aromatic heterocycles. The molecule has 0 aromatic rings. The number of hydrogen-bond donors (Lipinski definition) is 2. The van der Waals surface area contributed by atoms with Gasteiger partial charge in [-0.1, -0.05) is 0 Å². The van der Waals surface area contributed by atoms with Crippen molar-refractivity contribution >= 4 is 67.0 Å². The number of hydrogen-bond acceptors (Lipinski definition) is 1. The summed E-state index contributed by atoms with van der Waals surface area (Å²) in [5.74, 6) is 0. The van der Waals surface area contributed by atoms with Gasteiger partial charge in [0.25, 0.3) is 0 Å². The first kappa shape index (κ1) is 29.5. The van der Waals surface area contributed by atoms with Crippen LogP contribution >= 0.6 is 7.91 Å². The predicted octanol–water partition coefficient (Wildman–Crippen LogP) is -1.25. The van der Waals surface area contributed by atoms with Gasteiger partial charge in [0.1, 0.15) is 0 Å². The van der Waals surface area contributed by atoms with E-state index < -0.39 is 7.91 Å². The van der Waals surface area contributed by atoms with E-state index in [1.54, 1.807) is 0 Å². The van der Waals surface area contributed by atoms with Crippen LogP contribution in [0.3, 0.4) is 0 Å². The monoisotopic (exact) mass is 254 g/mol. The van der Waals surface area contributed by atoms with Gasteiger partial charge < -0.3 is 0 Å². The Morgan fingerprint density at radius 2 is 1.22 bits per heavy atom. The Balaban J connectivity index is -0.0000000133. The molecule has 2 radical (unpaired) electrons. The van der Waals surface area contributed by atoms with Crippen LogP contribution in [0.5, 0.6) is 0 Å². The van der Waals surface area contributed by atoms with Crippen molar-refractivity contribution in [2.45, 2.75) is 0 Å². The predicted molar refractivity (Wildman–Crippen MR) is 27.5 cm³/mol. The van der Waals surface area contributed by atoms with Crippen LogP contribution < -0.4 is 0 Å². The van der Waals surface area contributed by atoms with E-state index in [9.17, 15) is 4.20 Å². The van der Waals surface area contributed by atoms with Crippen LogP contribution in [0.2, 0.25) is 0 Å². The Morgan fingerprint density at radius 1 is 1.22 bits per heavy atom. The molecule has 0 saturated heterocycles. The third kappa shape index (κ3) is 93.1. The van der Waals surface area contributed by atoms with Crippen molar-refractivity contribution in [3.05, 3.63) is 0 Å². The van der Waals surface area contributed by atoms with Crippen LogP contribution in [0.4, 0.5) is 4.20 Å². The molecule has 0 unspecified atom stereocenters. The molecule has 48 valence electrons. The topological polar surface area (TPSA) is 57.5 Å². The van der Waals surface area contributed by atoms with E-state index in [4.69, 9.17) is 14.4 Å². The van der Waals surface area contributed by atoms with Gasteiger partial charge >= 0.3 is 67.0 Å². The summed E-state index contributed by atoms with van der Waals surface area (Å²) in [6.07, 6.45) is 0. The minimum absolute atomic E-state index is 0. The Morgan fingerprint density at radius 3 is 1.22 bits per heavy atom. The summed E-state index contributed by atoms with van der Waals surface area (Å²) >= 11 is 0. The van der Waals surface area contributed by atoms with Crippen molar-refractivity contribution in [2.24, 2.45) is 0 Å². The quantitative estimate of drug-likeness (QED) is 0.419. The van der Waals surface area contributed by atoms with Gasteiger partial charge in [-0.05, 0) is 0 Å². The van der Waals surface area contributed by atoms with E-state index in [2.05, 4.69) is 0 Å². The molecular weight excluding hydrogens is 250 g/mol. The van der Waals surface area contributed by atoms with E-state index in [-0.39, 0.29) is 94.7 Å². The molecule has 0 amide bonds. The van der Waals surface area contributed by atoms with Gasteiger partial charge in [0, 0.05) is 35.6 Å². The number of halogens is 1. The van der Waals surface area contributed by atoms with Gasteiger partial charge in [0.2, 0.25) is 0 Å². The second-order valence-electron chi connectivity index (χ2n) is 0.473. The zero-order chi connectivity index (χ0) is 4.50. The summed E-state index contributed by atoms with van der Waals surface area (Å²) in [6.45, 7) is 0. The zero-order valence-electron chi connectivity index (χ0n) is 2.95. The van der Waals surface area contributed by atoms with Crippen LogP contribution in [0.25, 0.3) is 0 Å². The molecule has 0 bridgehead atoms. The normalized spacial score (nSPS) is 6.56. The molecule has 0 rings (SSSR count). The van der Waals surface area contributed by atoms with Crippen LogP contribution in [0.15, 0.2) is 0 Å². The smallest absolute Gasteiger partial charge is 0 e. The maximum absolute atomic E-state index is 10.4. The van der Waals surface area contributed by atoms with E-state index in [1.807, 2.05) is 0 Å². The molecule has 0 fully saturated rings. The summed E-state index contributed by atoms with van der Waals surface area (Å²) in [7, 11) is -5.14. The van der Waals surface area contributed by atoms with E-state index in [0.717, 1.165) is 0 Å². The fourth-order valence-electron chi connectivity index (χ4n) is 0. The zero-order valence-corrected chi connectivity index (χ0v) is 6.42. The minimum atomic E-state index is -5.14. The molecule has 9 heavy (non-hydrogen) atoms. The van der Waals surface area contributed by atoms with Gasteiger partial charge in [-0.15, -0.1) is 4.20 Å². The standard InChI is InChI=1S/FH2O3P.Mn.2Na.V.2H/c1-5(2,3)4;;;;;;/h(H2,2,3,4);;;;;;. The molecule has 0 aromatic carbocycles. The summed E-state index contributed by atoms with van der Waals surface area (Å²) in [5.41, 5.74) is 0. The van der Waals surface area contributed by atoms with E-state index in [1.165, 1.54) is 0 Å². The second-order valence-corrected chi connectivity index (χ2v) is 1.42. The molecule has 2 N–H and O–H groups in total. The van der Waals surface area contributed by atoms with Gasteiger partial charge in [-0.2, -0.15) is 0 Å². The Hall–Kier alpha value is 3.18. The summed E-state index contributed by atoms with van der Waals surface area (Å²) in [4.78, 5) is 13.9. The Kier molecular flexibility index (Phi) is 45.1. The van der Waals surface area contributed by atoms with Crippen LogP contribution in [0, 0.1) is 0 Å². The Labute approximate surface area is 119 Å². The summed E-state index contributed by atoms with van der Waals surface area (Å²) < 4.78 is 19.0. The molecular formula is H4FMnNa2O3PV. The van der Waals surface area contributed by atoms with Crippen molar-refractivity contribution in [1.29, 1.82) is 0 Å². The molecule has 3 nitrogen and oxygen atoms in total. The first-order valence-electron chi connectivity index (χ1n) is 0.752. The van der Waals surface area contributed by atoms with Crippen molar-refractivity contribution in [2.75, 3.05) is 0 Å². The fraction of sp³-hybridized carbons (Fsp3) is 0. The molecule has 0 spiro atoms. The molecule has 0 aliphatic heterocycles. The van der Waals surface area contributed by atoms with Crippen LogP contribution in [-0.2, 0) is 40.2 Å². The first-order valence-corrected chi connectivity index (χ1v) is 2.25. The molecule has 9 heteroatoms. The fourth-order valence-corrected chi connectivity index (χ4v) is 0. The molecule has 0 heterocycles. The minimum Gasteiger partial charge on any atom is 0 e. The van der Waals surface area contributed by atoms with Crippen LogP contribution in [0.1, 0.15) is 0 Å². The third-order valence-electron chi connectivity index (χ3n) is 0. The molecule has 0 saturated carbocycles. The first-order chi connectivity index (χ1) is 2.00. The van der Waals surface area contributed by atoms with Crippen LogP contribution in [-0.4, -0.2) is 68.9 Å². The third-order valence-corrected chi connectivity index (χ3v) is 0. The number of rotatable bonds is 0. The van der Waals surface area contributed by atoms with Gasteiger partial charge in [-0.3, -0.25) is 9.79 Å². The summed E-state index contributed by atoms with van der Waals surface area (Å²) in [6, 6.07) is 0. The van der Waals surface area contributed by atoms with E-state index in [0.29, 0.717) is 0 Å². The summed E-state index contributed by atoms with van der Waals surface area (Å²) in [5, 5.41) is 0. The molecule has 0 atom stereocenters. The second kappa shape index (κ2) is 13.8. The van der Waals surface area contributed by atoms with Gasteiger partial charge in [0.15, 0.2) is 0 Å². The largest absolute Gasteiger partial charge is 0 e. The maximum Gasteiger partial charge on any atom is 0 e. The molecule has 0 aliphatic rings. The SMILES string of the molecule is O=P(O)(O)F.[Mn].[NaH].[NaH].[V]. The van der Waals surface area contributed by atoms with Crippen molar-refractivity contribution in [1.82, 2.24) is 0 Å². The average molecular weight is 254 g/mol. The van der Waals surface area contributed by atoms with E-state index >= 15 is 0 Å². The maximum atomic E-state index is 10.4.